The van der Waals surface area contributed by atoms with Gasteiger partial charge in [0.2, 0.25) is 6.79 Å². The summed E-state index contributed by atoms with van der Waals surface area (Å²) < 4.78 is 42.5. The molecule has 0 saturated carbocycles. The minimum Gasteiger partial charge on any atom is -0.497 e. The molecule has 4 saturated heterocycles. The van der Waals surface area contributed by atoms with Crippen molar-refractivity contribution in [3.05, 3.63) is 68.9 Å². The highest BCUT2D eigenvalue weighted by Crippen LogP contribution is 2.78. The number of hydrogen-bond donors (Lipinski definition) is 2. The second kappa shape index (κ2) is 11.8. The highest BCUT2D eigenvalue weighted by Gasteiger charge is 2.82. The summed E-state index contributed by atoms with van der Waals surface area (Å²) in [5.74, 6) is 4.02. The van der Waals surface area contributed by atoms with Crippen LogP contribution in [-0.4, -0.2) is 97.1 Å². The van der Waals surface area contributed by atoms with Gasteiger partial charge in [0, 0.05) is 94.6 Å². The number of benzene rings is 3. The van der Waals surface area contributed by atoms with Gasteiger partial charge in [-0.1, -0.05) is 6.07 Å². The van der Waals surface area contributed by atoms with Crippen LogP contribution in [0.5, 0.6) is 34.5 Å². The third kappa shape index (κ3) is 3.91. The summed E-state index contributed by atoms with van der Waals surface area (Å²) in [6.45, 7) is 8.50. The maximum absolute atomic E-state index is 16.7. The molecule has 58 heavy (non-hydrogen) atoms. The van der Waals surface area contributed by atoms with Crippen LogP contribution in [0.1, 0.15) is 83.0 Å². The van der Waals surface area contributed by atoms with E-state index in [1.54, 1.807) is 21.3 Å². The third-order valence-electron chi connectivity index (χ3n) is 14.9. The first-order valence-corrected chi connectivity index (χ1v) is 21.3. The Hall–Kier alpha value is -4.47. The SMILES string of the molecule is COCOc1c(OC)c(C)cc2c1[C@@H]1[C@@H]3[C@@H]4SC[C@]5(NCCc6c5[nH]c5ccc(OC)cc65)C(=O)[C@@]45c4c(OC(C)=O)c(C)c6c(c4[C@@H]5N3[C@@H](C)[C@@H]3C[C@H]2N13)OCO6. The van der Waals surface area contributed by atoms with Gasteiger partial charge in [0.15, 0.2) is 35.6 Å². The van der Waals surface area contributed by atoms with Crippen LogP contribution in [0.4, 0.5) is 0 Å². The number of nitrogens with zero attached hydrogens (tertiary/aromatic N) is 2. The highest BCUT2D eigenvalue weighted by molar-refractivity contribution is 8.00. The molecule has 4 aromatic rings. The lowest BCUT2D eigenvalue weighted by molar-refractivity contribution is -0.141. The number of hydrogen-bond acceptors (Lipinski definition) is 13. The Labute approximate surface area is 339 Å². The number of thioether (sulfide) groups is 1. The Balaban J connectivity index is 1.12. The maximum atomic E-state index is 16.7. The molecule has 0 bridgehead atoms. The Kier molecular flexibility index (Phi) is 7.24. The Bertz CT molecular complexity index is 2540. The fraction of sp³-hybridized carbons (Fsp3) is 0.500. The van der Waals surface area contributed by atoms with Crippen LogP contribution < -0.4 is 33.7 Å². The van der Waals surface area contributed by atoms with Crippen molar-refractivity contribution in [2.45, 2.75) is 93.0 Å². The van der Waals surface area contributed by atoms with Crippen molar-refractivity contribution in [3.8, 4) is 34.5 Å². The molecule has 2 N–H and O–H groups in total. The molecule has 13 nitrogen and oxygen atoms in total. The van der Waals surface area contributed by atoms with Gasteiger partial charge in [0.1, 0.15) is 17.0 Å². The fourth-order valence-electron chi connectivity index (χ4n) is 12.9. The molecule has 0 amide bonds. The number of ketones is 1. The number of aryl methyl sites for hydroxylation is 1. The van der Waals surface area contributed by atoms with Gasteiger partial charge in [-0.3, -0.25) is 24.7 Å². The van der Waals surface area contributed by atoms with Gasteiger partial charge in [0.25, 0.3) is 0 Å². The van der Waals surface area contributed by atoms with Crippen molar-refractivity contribution in [1.82, 2.24) is 20.1 Å². The van der Waals surface area contributed by atoms with E-state index in [9.17, 15) is 4.79 Å². The van der Waals surface area contributed by atoms with Crippen molar-refractivity contribution >= 4 is 34.4 Å². The minimum atomic E-state index is -1.09. The van der Waals surface area contributed by atoms with Crippen LogP contribution in [-0.2, 0) is 31.7 Å². The molecule has 12 rings (SSSR count). The number of aromatic amines is 1. The summed E-state index contributed by atoms with van der Waals surface area (Å²) in [5, 5.41) is 4.68. The van der Waals surface area contributed by atoms with Crippen molar-refractivity contribution in [3.63, 3.8) is 0 Å². The lowest BCUT2D eigenvalue weighted by atomic mass is 9.52. The van der Waals surface area contributed by atoms with Crippen LogP contribution in [0.25, 0.3) is 10.9 Å². The molecule has 14 heteroatoms. The topological polar surface area (TPSA) is 133 Å². The quantitative estimate of drug-likeness (QED) is 0.146. The van der Waals surface area contributed by atoms with E-state index in [1.165, 1.54) is 12.5 Å². The van der Waals surface area contributed by atoms with Gasteiger partial charge < -0.3 is 38.1 Å². The normalized spacial score (nSPS) is 32.9. The van der Waals surface area contributed by atoms with E-state index < -0.39 is 16.9 Å². The summed E-state index contributed by atoms with van der Waals surface area (Å²) in [7, 11) is 5.01. The smallest absolute Gasteiger partial charge is 0.308 e. The number of aromatic nitrogens is 1. The van der Waals surface area contributed by atoms with Crippen LogP contribution in [0, 0.1) is 13.8 Å². The monoisotopic (exact) mass is 806 g/mol. The van der Waals surface area contributed by atoms with Gasteiger partial charge in [-0.25, -0.2) is 0 Å². The number of methoxy groups -OCH3 is 3. The second-order valence-corrected chi connectivity index (χ2v) is 18.3. The third-order valence-corrected chi connectivity index (χ3v) is 16.5. The van der Waals surface area contributed by atoms with Gasteiger partial charge in [0.05, 0.1) is 31.7 Å². The van der Waals surface area contributed by atoms with E-state index in [-0.39, 0.29) is 60.9 Å². The molecule has 3 aromatic carbocycles. The lowest BCUT2D eigenvalue weighted by Crippen LogP contribution is -2.70. The predicted octanol–water partition coefficient (Wildman–Crippen LogP) is 5.41. The zero-order valence-corrected chi connectivity index (χ0v) is 34.4. The van der Waals surface area contributed by atoms with Crippen LogP contribution in [0.3, 0.4) is 0 Å². The minimum absolute atomic E-state index is 0.0533. The molecule has 7 aliphatic heterocycles. The Morgan fingerprint density at radius 2 is 1.86 bits per heavy atom. The molecule has 4 fully saturated rings. The molecule has 302 valence electrons. The van der Waals surface area contributed by atoms with Gasteiger partial charge >= 0.3 is 5.97 Å². The van der Waals surface area contributed by atoms with E-state index in [0.717, 1.165) is 63.0 Å². The zero-order valence-electron chi connectivity index (χ0n) is 33.6. The van der Waals surface area contributed by atoms with Crippen LogP contribution in [0.15, 0.2) is 24.3 Å². The number of ether oxygens (including phenoxy) is 7. The molecule has 8 heterocycles. The van der Waals surface area contributed by atoms with E-state index >= 15 is 4.79 Å². The number of H-pyrrole nitrogens is 1. The van der Waals surface area contributed by atoms with E-state index in [2.05, 4.69) is 46.1 Å². The molecular weight excluding hydrogens is 761 g/mol. The average Bonchev–Trinajstić information content (AvgIpc) is 3.94. The molecule has 1 aliphatic carbocycles. The van der Waals surface area contributed by atoms with Crippen molar-refractivity contribution in [1.29, 1.82) is 0 Å². The molecule has 9 atom stereocenters. The summed E-state index contributed by atoms with van der Waals surface area (Å²) >= 11 is 1.87. The standard InChI is InChI=1S/C44H46N4O9S/c1-18-12-25-28-14-27-20(3)47-33(32(48(27)28)29(25)37(34(18)53-7)54-16-51-5)41-44(31-30(40(44)47)38-36(55-17-56-38)19(2)35(31)57-21(4)49)42(50)43(15-58-41)39-23(10-11-45-43)24-13-22(52-6)8-9-26(24)46-39/h8-9,12-13,20,27-28,32-33,40-41,45-46H,10-11,14-17H2,1-7H3/t20-,27-,28+,32+,33+,40-,41-,43+,44+/m0/s1. The molecular formula is C44H46N4O9S. The number of esters is 1. The number of nitrogens with one attached hydrogen (secondary N) is 2. The van der Waals surface area contributed by atoms with Crippen molar-refractivity contribution in [2.24, 2.45) is 0 Å². The summed E-state index contributed by atoms with van der Waals surface area (Å²) in [5.41, 5.74) is 6.61. The van der Waals surface area contributed by atoms with Gasteiger partial charge in [-0.15, -0.1) is 0 Å². The second-order valence-electron chi connectivity index (χ2n) is 17.2. The van der Waals surface area contributed by atoms with Crippen molar-refractivity contribution < 1.29 is 42.7 Å². The highest BCUT2D eigenvalue weighted by atomic mass is 32.2. The van der Waals surface area contributed by atoms with Gasteiger partial charge in [-0.05, 0) is 68.5 Å². The van der Waals surface area contributed by atoms with Crippen LogP contribution in [0.2, 0.25) is 0 Å². The number of carbonyl (C=O) groups is 2. The number of fused-ring (bicyclic) bond motifs is 15. The number of piperazine rings is 1. The predicted molar refractivity (Wildman–Crippen MR) is 214 cm³/mol. The Morgan fingerprint density at radius 3 is 2.64 bits per heavy atom. The maximum Gasteiger partial charge on any atom is 0.308 e. The van der Waals surface area contributed by atoms with Crippen molar-refractivity contribution in [2.75, 3.05) is 47.2 Å². The Morgan fingerprint density at radius 1 is 1.03 bits per heavy atom. The zero-order chi connectivity index (χ0) is 39.7. The number of rotatable bonds is 6. The molecule has 8 aliphatic rings. The lowest BCUT2D eigenvalue weighted by Gasteiger charge is -2.61. The molecule has 2 spiro atoms. The average molecular weight is 807 g/mol. The molecule has 0 radical (unpaired) electrons. The summed E-state index contributed by atoms with van der Waals surface area (Å²) in [6, 6.07) is 8.31. The van der Waals surface area contributed by atoms with E-state index in [0.29, 0.717) is 46.6 Å². The summed E-state index contributed by atoms with van der Waals surface area (Å²) in [4.78, 5) is 38.9. The fourth-order valence-corrected chi connectivity index (χ4v) is 14.9. The first kappa shape index (κ1) is 35.5. The van der Waals surface area contributed by atoms with E-state index in [1.807, 2.05) is 30.8 Å². The largest absolute Gasteiger partial charge is 0.497 e. The summed E-state index contributed by atoms with van der Waals surface area (Å²) in [6.07, 6.45) is 1.75. The number of Topliss-reactive ketones (excluding diaryl/α,β-unsaturated/α-hetero) is 1. The molecule has 0 unspecified atom stereocenters. The first-order valence-electron chi connectivity index (χ1n) is 20.3. The van der Waals surface area contributed by atoms with Gasteiger partial charge in [-0.2, -0.15) is 11.8 Å². The van der Waals surface area contributed by atoms with Crippen LogP contribution >= 0.6 is 11.8 Å². The van der Waals surface area contributed by atoms with E-state index in [4.69, 9.17) is 33.2 Å². The molecule has 1 aromatic heterocycles. The number of carbonyl (C=O) groups excluding carboxylic acids is 2. The first-order chi connectivity index (χ1) is 28.1.